The van der Waals surface area contributed by atoms with Crippen LogP contribution in [-0.2, 0) is 9.16 Å². The second-order valence-corrected chi connectivity index (χ2v) is 13.8. The molecule has 6 heteroatoms. The molecule has 1 amide bonds. The highest BCUT2D eigenvalue weighted by Crippen LogP contribution is 2.39. The predicted molar refractivity (Wildman–Crippen MR) is 97.3 cm³/mol. The maximum absolute atomic E-state index is 12.5. The maximum atomic E-state index is 12.5. The Morgan fingerprint density at radius 1 is 1.22 bits per heavy atom. The van der Waals surface area contributed by atoms with Crippen molar-refractivity contribution in [3.8, 4) is 0 Å². The third kappa shape index (κ3) is 5.76. The minimum absolute atomic E-state index is 0.0989. The number of carbonyl (C=O) groups is 1. The lowest BCUT2D eigenvalue weighted by Gasteiger charge is -2.38. The zero-order valence-corrected chi connectivity index (χ0v) is 17.4. The Balaban J connectivity index is 2.80. The summed E-state index contributed by atoms with van der Waals surface area (Å²) in [6.45, 7) is 18.3. The molecule has 0 bridgehead atoms. The van der Waals surface area contributed by atoms with E-state index in [-0.39, 0.29) is 23.3 Å². The number of likely N-dealkylation sites (tertiary alicyclic amines) is 1. The lowest BCUT2D eigenvalue weighted by molar-refractivity contribution is 0.0212. The first-order valence-corrected chi connectivity index (χ1v) is 11.5. The van der Waals surface area contributed by atoms with E-state index in [2.05, 4.69) is 39.2 Å². The Morgan fingerprint density at radius 3 is 2.22 bits per heavy atom. The van der Waals surface area contributed by atoms with Gasteiger partial charge in [0.2, 0.25) is 0 Å². The van der Waals surface area contributed by atoms with E-state index in [1.165, 1.54) is 0 Å². The lowest BCUT2D eigenvalue weighted by Crippen LogP contribution is -2.45. The van der Waals surface area contributed by atoms with Crippen LogP contribution in [0.5, 0.6) is 0 Å². The molecule has 0 spiro atoms. The van der Waals surface area contributed by atoms with E-state index in [0.29, 0.717) is 6.54 Å². The molecule has 0 aromatic rings. The van der Waals surface area contributed by atoms with Crippen LogP contribution in [0.15, 0.2) is 0 Å². The quantitative estimate of drug-likeness (QED) is 0.792. The molecular formula is C17H36N2O3Si. The normalized spacial score (nSPS) is 23.3. The van der Waals surface area contributed by atoms with Gasteiger partial charge < -0.3 is 19.4 Å². The molecule has 0 aromatic heterocycles. The molecule has 2 atom stereocenters. The first kappa shape index (κ1) is 20.5. The van der Waals surface area contributed by atoms with Crippen molar-refractivity contribution in [2.24, 2.45) is 0 Å². The maximum Gasteiger partial charge on any atom is 0.410 e. The Hall–Kier alpha value is -0.593. The topological polar surface area (TPSA) is 50.8 Å². The molecule has 1 N–H and O–H groups in total. The van der Waals surface area contributed by atoms with Crippen LogP contribution >= 0.6 is 0 Å². The number of ether oxygens (including phenoxy) is 1. The van der Waals surface area contributed by atoms with Crippen LogP contribution in [-0.4, -0.2) is 57.2 Å². The zero-order valence-electron chi connectivity index (χ0n) is 16.4. The Kier molecular flexibility index (Phi) is 6.32. The van der Waals surface area contributed by atoms with Gasteiger partial charge in [-0.3, -0.25) is 0 Å². The fourth-order valence-corrected chi connectivity index (χ4v) is 3.88. The van der Waals surface area contributed by atoms with Gasteiger partial charge in [0.05, 0.1) is 12.1 Å². The van der Waals surface area contributed by atoms with Crippen molar-refractivity contribution >= 4 is 14.4 Å². The fraction of sp³-hybridized carbons (Fsp3) is 0.941. The van der Waals surface area contributed by atoms with Gasteiger partial charge in [0.1, 0.15) is 5.60 Å². The number of rotatable bonds is 4. The molecule has 0 aliphatic carbocycles. The molecule has 1 fully saturated rings. The van der Waals surface area contributed by atoms with Gasteiger partial charge in [-0.05, 0) is 52.4 Å². The number of hydrogen-bond acceptors (Lipinski definition) is 4. The molecule has 1 rings (SSSR count). The molecular weight excluding hydrogens is 308 g/mol. The molecule has 1 aliphatic rings. The second-order valence-electron chi connectivity index (χ2n) is 9.08. The van der Waals surface area contributed by atoms with Crippen molar-refractivity contribution in [2.45, 2.75) is 83.8 Å². The minimum atomic E-state index is -1.83. The standard InChI is InChI=1S/C17H36N2O3Si/c1-16(2,3)21-15(20)19-12-14(10-13(19)11-18-7)22-23(8,9)17(4,5)6/h13-14,18H,10-12H2,1-9H3/t13-,14+/m0/s1. The van der Waals surface area contributed by atoms with Gasteiger partial charge in [0.15, 0.2) is 8.32 Å². The molecule has 23 heavy (non-hydrogen) atoms. The summed E-state index contributed by atoms with van der Waals surface area (Å²) in [5.74, 6) is 0. The monoisotopic (exact) mass is 344 g/mol. The van der Waals surface area contributed by atoms with Crippen LogP contribution in [0.25, 0.3) is 0 Å². The highest BCUT2D eigenvalue weighted by Gasteiger charge is 2.44. The van der Waals surface area contributed by atoms with Gasteiger partial charge in [-0.25, -0.2) is 4.79 Å². The molecule has 1 heterocycles. The van der Waals surface area contributed by atoms with Gasteiger partial charge in [0, 0.05) is 13.1 Å². The van der Waals surface area contributed by atoms with Crippen LogP contribution < -0.4 is 5.32 Å². The van der Waals surface area contributed by atoms with Crippen LogP contribution in [0.3, 0.4) is 0 Å². The van der Waals surface area contributed by atoms with Gasteiger partial charge in [-0.1, -0.05) is 20.8 Å². The average molecular weight is 345 g/mol. The van der Waals surface area contributed by atoms with Crippen molar-refractivity contribution in [1.82, 2.24) is 10.2 Å². The van der Waals surface area contributed by atoms with E-state index in [1.54, 1.807) is 0 Å². The summed E-state index contributed by atoms with van der Waals surface area (Å²) in [5.41, 5.74) is -0.473. The van der Waals surface area contributed by atoms with Gasteiger partial charge in [-0.15, -0.1) is 0 Å². The molecule has 136 valence electrons. The highest BCUT2D eigenvalue weighted by atomic mass is 28.4. The van der Waals surface area contributed by atoms with Crippen LogP contribution in [0.4, 0.5) is 4.79 Å². The molecule has 1 aliphatic heterocycles. The second kappa shape index (κ2) is 7.11. The molecule has 1 saturated heterocycles. The summed E-state index contributed by atoms with van der Waals surface area (Å²) in [4.78, 5) is 14.3. The first-order chi connectivity index (χ1) is 10.3. The van der Waals surface area contributed by atoms with E-state index in [1.807, 2.05) is 32.7 Å². The van der Waals surface area contributed by atoms with E-state index in [0.717, 1.165) is 13.0 Å². The number of hydrogen-bond donors (Lipinski definition) is 1. The SMILES string of the molecule is CNC[C@@H]1C[C@@H](O[Si](C)(C)C(C)(C)C)CN1C(=O)OC(C)(C)C. The summed E-state index contributed by atoms with van der Waals surface area (Å²) in [7, 11) is 0.0791. The fourth-order valence-electron chi connectivity index (χ4n) is 2.53. The number of nitrogens with zero attached hydrogens (tertiary/aromatic N) is 1. The van der Waals surface area contributed by atoms with E-state index >= 15 is 0 Å². The van der Waals surface area contributed by atoms with Crippen molar-refractivity contribution in [3.63, 3.8) is 0 Å². The smallest absolute Gasteiger partial charge is 0.410 e. The van der Waals surface area contributed by atoms with Gasteiger partial charge in [-0.2, -0.15) is 0 Å². The van der Waals surface area contributed by atoms with Crippen molar-refractivity contribution in [2.75, 3.05) is 20.1 Å². The highest BCUT2D eigenvalue weighted by molar-refractivity contribution is 6.74. The van der Waals surface area contributed by atoms with E-state index in [4.69, 9.17) is 9.16 Å². The van der Waals surface area contributed by atoms with Crippen LogP contribution in [0, 0.1) is 0 Å². The summed E-state index contributed by atoms with van der Waals surface area (Å²) in [6, 6.07) is 0.129. The number of carbonyl (C=O) groups excluding carboxylic acids is 1. The summed E-state index contributed by atoms with van der Waals surface area (Å²) in [6.07, 6.45) is 0.730. The van der Waals surface area contributed by atoms with E-state index in [9.17, 15) is 4.79 Å². The van der Waals surface area contributed by atoms with Gasteiger partial charge in [0.25, 0.3) is 0 Å². The summed E-state index contributed by atoms with van der Waals surface area (Å²) in [5, 5.41) is 3.35. The summed E-state index contributed by atoms with van der Waals surface area (Å²) >= 11 is 0. The van der Waals surface area contributed by atoms with Crippen molar-refractivity contribution in [1.29, 1.82) is 0 Å². The van der Waals surface area contributed by atoms with Gasteiger partial charge >= 0.3 is 6.09 Å². The molecule has 0 saturated carbocycles. The predicted octanol–water partition coefficient (Wildman–Crippen LogP) is 3.61. The van der Waals surface area contributed by atoms with Crippen LogP contribution in [0.2, 0.25) is 18.1 Å². The molecule has 0 aromatic carbocycles. The first-order valence-electron chi connectivity index (χ1n) is 8.59. The number of nitrogens with one attached hydrogen (secondary N) is 1. The summed E-state index contributed by atoms with van der Waals surface area (Å²) < 4.78 is 12.1. The third-order valence-corrected chi connectivity index (χ3v) is 9.25. The molecule has 0 unspecified atom stereocenters. The Bertz CT molecular complexity index is 413. The third-order valence-electron chi connectivity index (χ3n) is 4.71. The average Bonchev–Trinajstić information content (AvgIpc) is 2.68. The van der Waals surface area contributed by atoms with Crippen LogP contribution in [0.1, 0.15) is 48.0 Å². The Morgan fingerprint density at radius 2 is 1.78 bits per heavy atom. The molecule has 0 radical (unpaired) electrons. The van der Waals surface area contributed by atoms with Crippen molar-refractivity contribution in [3.05, 3.63) is 0 Å². The largest absolute Gasteiger partial charge is 0.444 e. The minimum Gasteiger partial charge on any atom is -0.444 e. The van der Waals surface area contributed by atoms with Crippen molar-refractivity contribution < 1.29 is 14.0 Å². The zero-order chi connectivity index (χ0) is 18.1. The lowest BCUT2D eigenvalue weighted by atomic mass is 10.2. The number of amides is 1. The Labute approximate surface area is 143 Å². The van der Waals surface area contributed by atoms with E-state index < -0.39 is 13.9 Å². The molecule has 5 nitrogen and oxygen atoms in total. The number of likely N-dealkylation sites (N-methyl/N-ethyl adjacent to an activating group) is 1.